The van der Waals surface area contributed by atoms with E-state index in [0.717, 1.165) is 42.3 Å². The molecule has 2 aromatic heterocycles. The van der Waals surface area contributed by atoms with Crippen molar-refractivity contribution < 1.29 is 9.32 Å². The Morgan fingerprint density at radius 1 is 1.22 bits per heavy atom. The Kier molecular flexibility index (Phi) is 4.83. The normalized spacial score (nSPS) is 16.4. The fourth-order valence-electron chi connectivity index (χ4n) is 3.93. The van der Waals surface area contributed by atoms with Crippen LogP contribution in [0.1, 0.15) is 40.6 Å². The van der Waals surface area contributed by atoms with Crippen molar-refractivity contribution in [1.82, 2.24) is 15.0 Å². The number of thiazole rings is 1. The number of nitrogens with zero attached hydrogens (tertiary/aromatic N) is 3. The predicted molar refractivity (Wildman–Crippen MR) is 105 cm³/mol. The van der Waals surface area contributed by atoms with E-state index >= 15 is 0 Å². The molecular weight excluding hydrogens is 358 g/mol. The predicted octanol–water partition coefficient (Wildman–Crippen LogP) is 3.90. The summed E-state index contributed by atoms with van der Waals surface area (Å²) < 4.78 is 5.20. The summed E-state index contributed by atoms with van der Waals surface area (Å²) in [4.78, 5) is 19.4. The highest BCUT2D eigenvalue weighted by Crippen LogP contribution is 2.42. The SMILES string of the molecule is Cc1cc(CC(=O)N2CCC(c3ccccc3)(c3csc(C)n3)CC2)on1. The Balaban J connectivity index is 1.54. The van der Waals surface area contributed by atoms with Crippen LogP contribution < -0.4 is 0 Å². The van der Waals surface area contributed by atoms with Crippen molar-refractivity contribution in [2.75, 3.05) is 13.1 Å². The molecule has 27 heavy (non-hydrogen) atoms. The van der Waals surface area contributed by atoms with E-state index in [2.05, 4.69) is 34.8 Å². The molecule has 1 saturated heterocycles. The summed E-state index contributed by atoms with van der Waals surface area (Å²) >= 11 is 1.69. The summed E-state index contributed by atoms with van der Waals surface area (Å²) in [5.74, 6) is 0.731. The third-order valence-corrected chi connectivity index (χ3v) is 6.18. The standard InChI is InChI=1S/C21H23N3O2S/c1-15-12-18(26-23-15)13-20(25)24-10-8-21(9-11-24,17-6-4-3-5-7-17)19-14-27-16(2)22-19/h3-7,12,14H,8-11,13H2,1-2H3. The molecule has 0 saturated carbocycles. The maximum absolute atomic E-state index is 12.7. The molecule has 0 spiro atoms. The van der Waals surface area contributed by atoms with Gasteiger partial charge >= 0.3 is 0 Å². The number of hydrogen-bond donors (Lipinski definition) is 0. The van der Waals surface area contributed by atoms with Crippen LogP contribution in [0.25, 0.3) is 0 Å². The van der Waals surface area contributed by atoms with Crippen LogP contribution in [0.3, 0.4) is 0 Å². The molecule has 1 aliphatic heterocycles. The average Bonchev–Trinajstić information content (AvgIpc) is 3.31. The zero-order chi connectivity index (χ0) is 18.9. The van der Waals surface area contributed by atoms with Gasteiger partial charge in [0, 0.05) is 30.0 Å². The molecule has 0 atom stereocenters. The molecule has 3 aromatic rings. The van der Waals surface area contributed by atoms with E-state index in [0.29, 0.717) is 5.76 Å². The maximum atomic E-state index is 12.7. The van der Waals surface area contributed by atoms with Gasteiger partial charge in [0.25, 0.3) is 0 Å². The third-order valence-electron chi connectivity index (χ3n) is 5.41. The fraction of sp³-hybridized carbons (Fsp3) is 0.381. The smallest absolute Gasteiger partial charge is 0.230 e. The molecule has 0 bridgehead atoms. The van der Waals surface area contributed by atoms with Crippen LogP contribution in [0.2, 0.25) is 0 Å². The molecule has 0 radical (unpaired) electrons. The molecule has 6 heteroatoms. The van der Waals surface area contributed by atoms with E-state index in [1.807, 2.05) is 30.9 Å². The van der Waals surface area contributed by atoms with E-state index in [4.69, 9.17) is 9.51 Å². The average molecular weight is 382 g/mol. The van der Waals surface area contributed by atoms with Crippen molar-refractivity contribution in [1.29, 1.82) is 0 Å². The first-order valence-electron chi connectivity index (χ1n) is 9.25. The lowest BCUT2D eigenvalue weighted by Gasteiger charge is -2.41. The summed E-state index contributed by atoms with van der Waals surface area (Å²) in [6, 6.07) is 12.4. The van der Waals surface area contributed by atoms with Gasteiger partial charge < -0.3 is 9.42 Å². The van der Waals surface area contributed by atoms with E-state index in [1.54, 1.807) is 11.3 Å². The minimum Gasteiger partial charge on any atom is -0.361 e. The number of benzene rings is 1. The second-order valence-corrected chi connectivity index (χ2v) is 8.25. The quantitative estimate of drug-likeness (QED) is 0.688. The molecule has 1 amide bonds. The molecular formula is C21H23N3O2S. The van der Waals surface area contributed by atoms with E-state index < -0.39 is 0 Å². The first-order valence-corrected chi connectivity index (χ1v) is 10.1. The minimum atomic E-state index is -0.119. The van der Waals surface area contributed by atoms with Crippen molar-refractivity contribution in [3.05, 3.63) is 69.5 Å². The largest absolute Gasteiger partial charge is 0.361 e. The highest BCUT2D eigenvalue weighted by Gasteiger charge is 2.40. The topological polar surface area (TPSA) is 59.2 Å². The number of carbonyl (C=O) groups is 1. The summed E-state index contributed by atoms with van der Waals surface area (Å²) in [7, 11) is 0. The minimum absolute atomic E-state index is 0.0993. The van der Waals surface area contributed by atoms with Gasteiger partial charge in [0.2, 0.25) is 5.91 Å². The molecule has 4 rings (SSSR count). The van der Waals surface area contributed by atoms with Crippen LogP contribution >= 0.6 is 11.3 Å². The number of likely N-dealkylation sites (tertiary alicyclic amines) is 1. The van der Waals surface area contributed by atoms with Gasteiger partial charge in [-0.15, -0.1) is 11.3 Å². The Morgan fingerprint density at radius 3 is 2.56 bits per heavy atom. The number of aromatic nitrogens is 2. The molecule has 1 aliphatic rings. The van der Waals surface area contributed by atoms with Crippen molar-refractivity contribution >= 4 is 17.2 Å². The zero-order valence-electron chi connectivity index (χ0n) is 15.6. The number of hydrogen-bond acceptors (Lipinski definition) is 5. The second kappa shape index (κ2) is 7.27. The fourth-order valence-corrected chi connectivity index (χ4v) is 4.64. The van der Waals surface area contributed by atoms with Gasteiger partial charge in [-0.3, -0.25) is 4.79 Å². The molecule has 1 fully saturated rings. The summed E-state index contributed by atoms with van der Waals surface area (Å²) in [5, 5.41) is 7.13. The van der Waals surface area contributed by atoms with E-state index in [9.17, 15) is 4.79 Å². The molecule has 3 heterocycles. The number of rotatable bonds is 4. The van der Waals surface area contributed by atoms with Crippen LogP contribution in [0, 0.1) is 13.8 Å². The maximum Gasteiger partial charge on any atom is 0.230 e. The van der Waals surface area contributed by atoms with Crippen LogP contribution in [0.15, 0.2) is 46.3 Å². The molecule has 0 aliphatic carbocycles. The second-order valence-electron chi connectivity index (χ2n) is 7.19. The Morgan fingerprint density at radius 2 is 1.96 bits per heavy atom. The van der Waals surface area contributed by atoms with Gasteiger partial charge in [0.05, 0.1) is 22.8 Å². The third kappa shape index (κ3) is 3.54. The van der Waals surface area contributed by atoms with Gasteiger partial charge in [0.1, 0.15) is 5.76 Å². The van der Waals surface area contributed by atoms with Crippen molar-refractivity contribution in [3.63, 3.8) is 0 Å². The van der Waals surface area contributed by atoms with E-state index in [-0.39, 0.29) is 17.7 Å². The zero-order valence-corrected chi connectivity index (χ0v) is 16.5. The molecule has 0 unspecified atom stereocenters. The van der Waals surface area contributed by atoms with Crippen LogP contribution in [0.5, 0.6) is 0 Å². The Hall–Kier alpha value is -2.47. The van der Waals surface area contributed by atoms with Gasteiger partial charge in [-0.2, -0.15) is 0 Å². The Labute approximate surface area is 163 Å². The van der Waals surface area contributed by atoms with Crippen molar-refractivity contribution in [3.8, 4) is 0 Å². The van der Waals surface area contributed by atoms with Gasteiger partial charge in [-0.25, -0.2) is 4.98 Å². The molecule has 1 aromatic carbocycles. The first kappa shape index (κ1) is 17.9. The van der Waals surface area contributed by atoms with Crippen LogP contribution in [-0.2, 0) is 16.6 Å². The summed E-state index contributed by atoms with van der Waals surface area (Å²) in [6.07, 6.45) is 2.03. The number of carbonyl (C=O) groups excluding carboxylic acids is 1. The molecule has 5 nitrogen and oxygen atoms in total. The number of aryl methyl sites for hydroxylation is 2. The van der Waals surface area contributed by atoms with E-state index in [1.165, 1.54) is 5.56 Å². The summed E-state index contributed by atoms with van der Waals surface area (Å²) in [5.41, 5.74) is 3.10. The lowest BCUT2D eigenvalue weighted by molar-refractivity contribution is -0.132. The molecule has 140 valence electrons. The lowest BCUT2D eigenvalue weighted by Crippen LogP contribution is -2.46. The highest BCUT2D eigenvalue weighted by atomic mass is 32.1. The summed E-state index contributed by atoms with van der Waals surface area (Å²) in [6.45, 7) is 5.35. The Bertz CT molecular complexity index is 924. The van der Waals surface area contributed by atoms with Gasteiger partial charge in [-0.1, -0.05) is 35.5 Å². The van der Waals surface area contributed by atoms with Gasteiger partial charge in [0.15, 0.2) is 0 Å². The van der Waals surface area contributed by atoms with Gasteiger partial charge in [-0.05, 0) is 32.3 Å². The van der Waals surface area contributed by atoms with Crippen molar-refractivity contribution in [2.45, 2.75) is 38.5 Å². The monoisotopic (exact) mass is 381 g/mol. The van der Waals surface area contributed by atoms with Crippen molar-refractivity contribution in [2.24, 2.45) is 0 Å². The molecule has 0 N–H and O–H groups in total. The number of piperidine rings is 1. The highest BCUT2D eigenvalue weighted by molar-refractivity contribution is 7.09. The number of amides is 1. The van der Waals surface area contributed by atoms with Crippen LogP contribution in [-0.4, -0.2) is 34.0 Å². The van der Waals surface area contributed by atoms with Crippen LogP contribution in [0.4, 0.5) is 0 Å². The lowest BCUT2D eigenvalue weighted by atomic mass is 9.70. The first-order chi connectivity index (χ1) is 13.1.